The molecule has 29 heavy (non-hydrogen) atoms. The molecular weight excluding hydrogens is 437 g/mol. The lowest BCUT2D eigenvalue weighted by Gasteiger charge is -2.45. The van der Waals surface area contributed by atoms with Crippen LogP contribution < -0.4 is 0 Å². The van der Waals surface area contributed by atoms with Gasteiger partial charge >= 0.3 is 0 Å². The Kier molecular flexibility index (Phi) is 7.09. The van der Waals surface area contributed by atoms with Gasteiger partial charge in [-0.05, 0) is 54.7 Å². The number of likely N-dealkylation sites (tertiary alicyclic amines) is 1. The fraction of sp³-hybridized carbons (Fsp3) is 0.435. The molecule has 1 heterocycles. The third-order valence-electron chi connectivity index (χ3n) is 5.95. The predicted molar refractivity (Wildman–Crippen MR) is 114 cm³/mol. The molecule has 0 bridgehead atoms. The number of aliphatic hydroxyl groups excluding tert-OH is 2. The van der Waals surface area contributed by atoms with Gasteiger partial charge in [0.1, 0.15) is 5.82 Å². The average molecular weight is 464 g/mol. The number of aliphatic hydroxyl groups is 2. The van der Waals surface area contributed by atoms with E-state index >= 15 is 0 Å². The molecule has 4 nitrogen and oxygen atoms in total. The summed E-state index contributed by atoms with van der Waals surface area (Å²) in [5, 5.41) is 19.5. The zero-order valence-electron chi connectivity index (χ0n) is 16.5. The number of hydrogen-bond acceptors (Lipinski definition) is 3. The number of hydrogen-bond donors (Lipinski definition) is 2. The van der Waals surface area contributed by atoms with Crippen LogP contribution in [0.15, 0.2) is 53.0 Å². The van der Waals surface area contributed by atoms with Crippen molar-refractivity contribution in [1.82, 2.24) is 4.90 Å². The quantitative estimate of drug-likeness (QED) is 0.641. The molecule has 156 valence electrons. The van der Waals surface area contributed by atoms with E-state index in [1.807, 2.05) is 29.2 Å². The van der Waals surface area contributed by atoms with Gasteiger partial charge in [-0.3, -0.25) is 4.79 Å². The molecule has 2 aromatic rings. The zero-order valence-corrected chi connectivity index (χ0v) is 18.1. The van der Waals surface area contributed by atoms with Crippen molar-refractivity contribution in [2.24, 2.45) is 0 Å². The fourth-order valence-corrected chi connectivity index (χ4v) is 4.71. The number of nitrogens with zero attached hydrogens (tertiary/aromatic N) is 1. The Labute approximate surface area is 179 Å². The van der Waals surface area contributed by atoms with Crippen LogP contribution >= 0.6 is 15.9 Å². The van der Waals surface area contributed by atoms with E-state index in [1.54, 1.807) is 12.1 Å². The predicted octanol–water partition coefficient (Wildman–Crippen LogP) is 4.34. The number of halogens is 2. The maximum absolute atomic E-state index is 13.4. The van der Waals surface area contributed by atoms with Gasteiger partial charge in [-0.1, -0.05) is 47.1 Å². The highest BCUT2D eigenvalue weighted by molar-refractivity contribution is 9.10. The van der Waals surface area contributed by atoms with Crippen LogP contribution in [0.25, 0.3) is 0 Å². The first-order valence-electron chi connectivity index (χ1n) is 9.98. The lowest BCUT2D eigenvalue weighted by Crippen LogP contribution is -2.49. The van der Waals surface area contributed by atoms with Crippen LogP contribution in [0.5, 0.6) is 0 Å². The van der Waals surface area contributed by atoms with Gasteiger partial charge < -0.3 is 15.1 Å². The van der Waals surface area contributed by atoms with Gasteiger partial charge in [0.05, 0.1) is 18.8 Å². The van der Waals surface area contributed by atoms with E-state index in [4.69, 9.17) is 0 Å². The molecule has 0 unspecified atom stereocenters. The first-order chi connectivity index (χ1) is 13.9. The van der Waals surface area contributed by atoms with Crippen molar-refractivity contribution in [2.45, 2.75) is 50.2 Å². The van der Waals surface area contributed by atoms with Crippen LogP contribution in [0.2, 0.25) is 0 Å². The van der Waals surface area contributed by atoms with E-state index < -0.39 is 11.5 Å². The molecule has 2 N–H and O–H groups in total. The Bertz CT molecular complexity index is 827. The summed E-state index contributed by atoms with van der Waals surface area (Å²) in [6.07, 6.45) is 1.02. The number of rotatable bonds is 7. The molecule has 1 saturated heterocycles. The smallest absolute Gasteiger partial charge is 0.223 e. The van der Waals surface area contributed by atoms with Crippen molar-refractivity contribution in [1.29, 1.82) is 0 Å². The van der Waals surface area contributed by atoms with E-state index in [1.165, 1.54) is 12.1 Å². The molecule has 2 aromatic carbocycles. The Morgan fingerprint density at radius 3 is 2.38 bits per heavy atom. The molecular formula is C23H27BrFNO3. The van der Waals surface area contributed by atoms with Crippen molar-refractivity contribution >= 4 is 21.8 Å². The first-order valence-corrected chi connectivity index (χ1v) is 10.8. The van der Waals surface area contributed by atoms with Crippen molar-refractivity contribution in [2.75, 3.05) is 13.2 Å². The molecule has 3 rings (SSSR count). The summed E-state index contributed by atoms with van der Waals surface area (Å²) in [5.41, 5.74) is 1.31. The highest BCUT2D eigenvalue weighted by Gasteiger charge is 2.43. The van der Waals surface area contributed by atoms with E-state index in [9.17, 15) is 19.4 Å². The summed E-state index contributed by atoms with van der Waals surface area (Å²) in [4.78, 5) is 15.2. The van der Waals surface area contributed by atoms with Crippen LogP contribution in [0.1, 0.15) is 49.8 Å². The van der Waals surface area contributed by atoms with Gasteiger partial charge in [0.15, 0.2) is 0 Å². The molecule has 0 aliphatic carbocycles. The van der Waals surface area contributed by atoms with Gasteiger partial charge in [0, 0.05) is 22.9 Å². The van der Waals surface area contributed by atoms with Crippen LogP contribution in [0, 0.1) is 5.82 Å². The van der Waals surface area contributed by atoms with Crippen LogP contribution in [0.3, 0.4) is 0 Å². The minimum atomic E-state index is -0.923. The van der Waals surface area contributed by atoms with Crippen molar-refractivity contribution in [3.05, 3.63) is 69.9 Å². The van der Waals surface area contributed by atoms with E-state index in [0.29, 0.717) is 13.0 Å². The Hall–Kier alpha value is -1.76. The zero-order chi connectivity index (χ0) is 21.0. The minimum absolute atomic E-state index is 0.00965. The molecule has 1 amide bonds. The molecule has 0 saturated carbocycles. The van der Waals surface area contributed by atoms with Gasteiger partial charge in [0.25, 0.3) is 0 Å². The number of benzene rings is 2. The fourth-order valence-electron chi connectivity index (χ4n) is 4.45. The molecule has 1 fully saturated rings. The van der Waals surface area contributed by atoms with Crippen LogP contribution in [-0.4, -0.2) is 40.3 Å². The number of carbonyl (C=O) groups excluding carboxylic acids is 1. The Morgan fingerprint density at radius 1 is 1.17 bits per heavy atom. The molecule has 6 heteroatoms. The van der Waals surface area contributed by atoms with Gasteiger partial charge in [0.2, 0.25) is 5.91 Å². The molecule has 0 aromatic heterocycles. The molecule has 1 aliphatic heterocycles. The third kappa shape index (κ3) is 4.87. The second-order valence-corrected chi connectivity index (χ2v) is 8.73. The lowest BCUT2D eigenvalue weighted by molar-refractivity contribution is -0.139. The summed E-state index contributed by atoms with van der Waals surface area (Å²) in [6.45, 7) is 2.25. The summed E-state index contributed by atoms with van der Waals surface area (Å²) >= 11 is 3.45. The summed E-state index contributed by atoms with van der Waals surface area (Å²) < 4.78 is 14.4. The highest BCUT2D eigenvalue weighted by atomic mass is 79.9. The second kappa shape index (κ2) is 9.37. The Balaban J connectivity index is 1.87. The van der Waals surface area contributed by atoms with Gasteiger partial charge in [-0.2, -0.15) is 0 Å². The first kappa shape index (κ1) is 21.9. The summed E-state index contributed by atoms with van der Waals surface area (Å²) in [5.74, 6) is -0.322. The maximum Gasteiger partial charge on any atom is 0.223 e. The summed E-state index contributed by atoms with van der Waals surface area (Å²) in [6, 6.07) is 14.2. The molecule has 0 radical (unpaired) electrons. The largest absolute Gasteiger partial charge is 0.394 e. The van der Waals surface area contributed by atoms with E-state index in [-0.39, 0.29) is 37.2 Å². The normalized spacial score (nSPS) is 21.8. The molecule has 3 atom stereocenters. The van der Waals surface area contributed by atoms with Crippen molar-refractivity contribution in [3.63, 3.8) is 0 Å². The average Bonchev–Trinajstić information content (AvgIpc) is 2.71. The molecule has 0 spiro atoms. The number of piperidine rings is 1. The van der Waals surface area contributed by atoms with Crippen molar-refractivity contribution in [3.8, 4) is 0 Å². The van der Waals surface area contributed by atoms with E-state index in [2.05, 4.69) is 22.9 Å². The monoisotopic (exact) mass is 463 g/mol. The second-order valence-electron chi connectivity index (χ2n) is 7.82. The summed E-state index contributed by atoms with van der Waals surface area (Å²) in [7, 11) is 0. The van der Waals surface area contributed by atoms with E-state index in [0.717, 1.165) is 22.0 Å². The van der Waals surface area contributed by atoms with Gasteiger partial charge in [-0.25, -0.2) is 4.39 Å². The minimum Gasteiger partial charge on any atom is -0.394 e. The Morgan fingerprint density at radius 2 is 1.83 bits per heavy atom. The number of amides is 1. The number of carbonyl (C=O) groups is 1. The molecule has 1 aliphatic rings. The standard InChI is InChI=1S/C23H27BrFNO3/c1-2-21(16-3-7-18(24)8-4-16)26-12-11-23(14-22(26)29,13-20(28)15-27)17-5-9-19(25)10-6-17/h3-10,20-21,27-28H,2,11-15H2,1H3/t20-,21-,23+/m0/s1. The highest BCUT2D eigenvalue weighted by Crippen LogP contribution is 2.42. The van der Waals surface area contributed by atoms with Crippen LogP contribution in [0.4, 0.5) is 4.39 Å². The van der Waals surface area contributed by atoms with Gasteiger partial charge in [-0.15, -0.1) is 0 Å². The maximum atomic E-state index is 13.4. The topological polar surface area (TPSA) is 60.8 Å². The SMILES string of the molecule is CC[C@@H](c1ccc(Br)cc1)N1CC[C@](C[C@H](O)CO)(c2ccc(F)cc2)CC1=O. The van der Waals surface area contributed by atoms with Crippen molar-refractivity contribution < 1.29 is 19.4 Å². The van der Waals surface area contributed by atoms with Crippen LogP contribution in [-0.2, 0) is 10.2 Å². The lowest BCUT2D eigenvalue weighted by atomic mass is 9.68. The third-order valence-corrected chi connectivity index (χ3v) is 6.48.